The smallest absolute Gasteiger partial charge is 0.231 e. The summed E-state index contributed by atoms with van der Waals surface area (Å²) in [5, 5.41) is 3.88. The molecule has 180 valence electrons. The molecular formula is C26H26FN5O3. The minimum absolute atomic E-state index is 0.208. The number of nitrogens with zero attached hydrogens (tertiary/aromatic N) is 3. The molecule has 1 atom stereocenters. The molecule has 2 aromatic carbocycles. The number of hydrogen-bond donors (Lipinski definition) is 2. The van der Waals surface area contributed by atoms with Crippen LogP contribution in [0.3, 0.4) is 0 Å². The van der Waals surface area contributed by atoms with Gasteiger partial charge in [0.15, 0.2) is 0 Å². The van der Waals surface area contributed by atoms with Gasteiger partial charge < -0.3 is 24.7 Å². The van der Waals surface area contributed by atoms with Crippen molar-refractivity contribution in [1.82, 2.24) is 19.9 Å². The van der Waals surface area contributed by atoms with Crippen LogP contribution in [0.15, 0.2) is 55.0 Å². The third kappa shape index (κ3) is 4.95. The van der Waals surface area contributed by atoms with Crippen LogP contribution in [0.4, 0.5) is 10.1 Å². The number of H-pyrrole nitrogens is 1. The van der Waals surface area contributed by atoms with Gasteiger partial charge in [0.2, 0.25) is 5.91 Å². The maximum Gasteiger partial charge on any atom is 0.231 e. The Balaban J connectivity index is 1.40. The third-order valence-electron chi connectivity index (χ3n) is 5.96. The highest BCUT2D eigenvalue weighted by Crippen LogP contribution is 2.34. The molecule has 3 heterocycles. The first-order chi connectivity index (χ1) is 17.0. The van der Waals surface area contributed by atoms with Crippen molar-refractivity contribution in [3.8, 4) is 22.8 Å². The highest BCUT2D eigenvalue weighted by Gasteiger charge is 2.27. The van der Waals surface area contributed by atoms with Crippen molar-refractivity contribution < 1.29 is 18.7 Å². The number of carbonyl (C=O) groups excluding carboxylic acids is 1. The fourth-order valence-electron chi connectivity index (χ4n) is 4.10. The van der Waals surface area contributed by atoms with Crippen LogP contribution in [-0.4, -0.2) is 59.6 Å². The lowest BCUT2D eigenvalue weighted by Crippen LogP contribution is -2.32. The van der Waals surface area contributed by atoms with E-state index in [1.807, 2.05) is 49.5 Å². The maximum atomic E-state index is 13.7. The number of rotatable bonds is 7. The van der Waals surface area contributed by atoms with Crippen LogP contribution in [0, 0.1) is 11.7 Å². The Labute approximate surface area is 202 Å². The first kappa shape index (κ1) is 22.8. The number of anilines is 1. The molecule has 1 aliphatic heterocycles. The minimum Gasteiger partial charge on any atom is -0.492 e. The van der Waals surface area contributed by atoms with Gasteiger partial charge in [-0.25, -0.2) is 14.4 Å². The zero-order valence-electron chi connectivity index (χ0n) is 19.5. The summed E-state index contributed by atoms with van der Waals surface area (Å²) in [4.78, 5) is 26.9. The number of halogens is 1. The van der Waals surface area contributed by atoms with E-state index in [4.69, 9.17) is 9.47 Å². The van der Waals surface area contributed by atoms with Crippen molar-refractivity contribution >= 4 is 22.6 Å². The highest BCUT2D eigenvalue weighted by atomic mass is 19.1. The third-order valence-corrected chi connectivity index (χ3v) is 5.96. The summed E-state index contributed by atoms with van der Waals surface area (Å²) in [6, 6.07) is 11.9. The van der Waals surface area contributed by atoms with E-state index in [2.05, 4.69) is 20.3 Å². The minimum atomic E-state index is -0.444. The maximum absolute atomic E-state index is 13.7. The number of carbonyl (C=O) groups is 1. The van der Waals surface area contributed by atoms with Crippen LogP contribution < -0.4 is 14.8 Å². The Morgan fingerprint density at radius 1 is 1.23 bits per heavy atom. The molecule has 0 saturated heterocycles. The molecule has 0 bridgehead atoms. The van der Waals surface area contributed by atoms with Gasteiger partial charge in [0.1, 0.15) is 42.5 Å². The second-order valence-electron chi connectivity index (χ2n) is 8.78. The van der Waals surface area contributed by atoms with Gasteiger partial charge in [-0.3, -0.25) is 4.79 Å². The van der Waals surface area contributed by atoms with Crippen LogP contribution in [0.1, 0.15) is 5.56 Å². The topological polar surface area (TPSA) is 92.4 Å². The van der Waals surface area contributed by atoms with Crippen LogP contribution in [0.2, 0.25) is 0 Å². The molecule has 0 spiro atoms. The normalized spacial score (nSPS) is 15.0. The highest BCUT2D eigenvalue weighted by molar-refractivity contribution is 5.96. The molecule has 1 aliphatic rings. The molecule has 4 aromatic rings. The summed E-state index contributed by atoms with van der Waals surface area (Å²) in [7, 11) is 3.94. The monoisotopic (exact) mass is 475 g/mol. The van der Waals surface area contributed by atoms with E-state index in [9.17, 15) is 9.18 Å². The molecule has 35 heavy (non-hydrogen) atoms. The first-order valence-corrected chi connectivity index (χ1v) is 11.4. The quantitative estimate of drug-likeness (QED) is 0.421. The van der Waals surface area contributed by atoms with Crippen molar-refractivity contribution in [1.29, 1.82) is 0 Å². The zero-order chi connectivity index (χ0) is 24.4. The zero-order valence-corrected chi connectivity index (χ0v) is 19.5. The van der Waals surface area contributed by atoms with Gasteiger partial charge in [-0.1, -0.05) is 6.07 Å². The molecule has 0 radical (unpaired) electrons. The van der Waals surface area contributed by atoms with Gasteiger partial charge in [0.05, 0.1) is 17.3 Å². The summed E-state index contributed by atoms with van der Waals surface area (Å²) in [6.07, 6.45) is 3.74. The van der Waals surface area contributed by atoms with E-state index in [0.29, 0.717) is 42.3 Å². The summed E-state index contributed by atoms with van der Waals surface area (Å²) in [5.41, 5.74) is 3.61. The fraction of sp³-hybridized carbons (Fsp3) is 0.269. The average Bonchev–Trinajstić information content (AvgIpc) is 3.33. The first-order valence-electron chi connectivity index (χ1n) is 11.4. The lowest BCUT2D eigenvalue weighted by molar-refractivity contribution is -0.121. The number of benzene rings is 2. The van der Waals surface area contributed by atoms with Crippen molar-refractivity contribution in [2.75, 3.05) is 39.2 Å². The molecular weight excluding hydrogens is 449 g/mol. The second kappa shape index (κ2) is 9.71. The van der Waals surface area contributed by atoms with Gasteiger partial charge in [0, 0.05) is 23.7 Å². The average molecular weight is 476 g/mol. The molecule has 5 rings (SSSR count). The lowest BCUT2D eigenvalue weighted by atomic mass is 9.95. The molecule has 1 unspecified atom stereocenters. The van der Waals surface area contributed by atoms with Crippen LogP contribution >= 0.6 is 0 Å². The summed E-state index contributed by atoms with van der Waals surface area (Å²) in [5.74, 6) is 0.165. The summed E-state index contributed by atoms with van der Waals surface area (Å²) in [6.45, 7) is 1.39. The van der Waals surface area contributed by atoms with Gasteiger partial charge in [-0.2, -0.15) is 0 Å². The fourth-order valence-corrected chi connectivity index (χ4v) is 4.10. The number of aromatic amines is 1. The molecule has 0 saturated carbocycles. The standard InChI is InChI=1S/C26H26FN5O3/c1-32(2)9-10-34-23-13-16(24-20-7-8-28-25(20)30-15-29-24)3-5-21(23)31-26(33)18-11-17-12-19(27)4-6-22(17)35-14-18/h3-8,12-13,15,18H,9-11,14H2,1-2H3,(H,31,33)(H,28,29,30). The van der Waals surface area contributed by atoms with Crippen molar-refractivity contribution in [3.05, 3.63) is 66.4 Å². The van der Waals surface area contributed by atoms with Crippen molar-refractivity contribution in [2.45, 2.75) is 6.42 Å². The van der Waals surface area contributed by atoms with E-state index in [1.54, 1.807) is 6.07 Å². The number of fused-ring (bicyclic) bond motifs is 2. The van der Waals surface area contributed by atoms with Crippen molar-refractivity contribution in [3.63, 3.8) is 0 Å². The Morgan fingerprint density at radius 3 is 2.97 bits per heavy atom. The van der Waals surface area contributed by atoms with Crippen LogP contribution in [0.25, 0.3) is 22.3 Å². The Kier molecular flexibility index (Phi) is 6.33. The number of hydrogen-bond acceptors (Lipinski definition) is 6. The predicted molar refractivity (Wildman–Crippen MR) is 131 cm³/mol. The number of amides is 1. The van der Waals surface area contributed by atoms with Crippen LogP contribution in [0.5, 0.6) is 11.5 Å². The number of nitrogens with one attached hydrogen (secondary N) is 2. The number of likely N-dealkylation sites (N-methyl/N-ethyl adjacent to an activating group) is 1. The lowest BCUT2D eigenvalue weighted by Gasteiger charge is -2.25. The predicted octanol–water partition coefficient (Wildman–Crippen LogP) is 3.89. The Bertz CT molecular complexity index is 1370. The SMILES string of the molecule is CN(C)CCOc1cc(-c2ncnc3[nH]ccc23)ccc1NC(=O)C1COc2ccc(F)cc2C1. The van der Waals surface area contributed by atoms with Crippen molar-refractivity contribution in [2.24, 2.45) is 5.92 Å². The van der Waals surface area contributed by atoms with E-state index >= 15 is 0 Å². The Hall–Kier alpha value is -3.98. The van der Waals surface area contributed by atoms with Gasteiger partial charge in [-0.15, -0.1) is 0 Å². The summed E-state index contributed by atoms with van der Waals surface area (Å²) >= 11 is 0. The molecule has 0 aliphatic carbocycles. The van der Waals surface area contributed by atoms with Gasteiger partial charge >= 0.3 is 0 Å². The molecule has 2 N–H and O–H groups in total. The van der Waals surface area contributed by atoms with E-state index in [0.717, 1.165) is 22.3 Å². The number of ether oxygens (including phenoxy) is 2. The van der Waals surface area contributed by atoms with E-state index in [-0.39, 0.29) is 18.3 Å². The van der Waals surface area contributed by atoms with E-state index < -0.39 is 5.92 Å². The number of aromatic nitrogens is 3. The van der Waals surface area contributed by atoms with Crippen LogP contribution in [-0.2, 0) is 11.2 Å². The Morgan fingerprint density at radius 2 is 2.11 bits per heavy atom. The molecule has 0 fully saturated rings. The molecule has 1 amide bonds. The second-order valence-corrected chi connectivity index (χ2v) is 8.78. The molecule has 9 heteroatoms. The largest absolute Gasteiger partial charge is 0.492 e. The van der Waals surface area contributed by atoms with Gasteiger partial charge in [0.25, 0.3) is 0 Å². The molecule has 2 aromatic heterocycles. The van der Waals surface area contributed by atoms with Gasteiger partial charge in [-0.05, 0) is 62.5 Å². The molecule has 8 nitrogen and oxygen atoms in total. The summed E-state index contributed by atoms with van der Waals surface area (Å²) < 4.78 is 25.4. The van der Waals surface area contributed by atoms with E-state index in [1.165, 1.54) is 18.5 Å².